The molecule has 0 saturated carbocycles. The second-order valence-electron chi connectivity index (χ2n) is 3.89. The lowest BCUT2D eigenvalue weighted by Gasteiger charge is -2.12. The number of benzene rings is 1. The Morgan fingerprint density at radius 2 is 2.06 bits per heavy atom. The minimum Gasteiger partial charge on any atom is -0.508 e. The smallest absolute Gasteiger partial charge is 0.121 e. The van der Waals surface area contributed by atoms with Gasteiger partial charge in [0.15, 0.2) is 0 Å². The number of hydrogen-bond donors (Lipinski definition) is 2. The van der Waals surface area contributed by atoms with Crippen LogP contribution in [0.15, 0.2) is 48.8 Å². The van der Waals surface area contributed by atoms with Crippen molar-refractivity contribution in [3.05, 3.63) is 59.9 Å². The molecule has 0 bridgehead atoms. The van der Waals surface area contributed by atoms with Gasteiger partial charge in [0.2, 0.25) is 0 Å². The highest BCUT2D eigenvalue weighted by Crippen LogP contribution is 2.18. The van der Waals surface area contributed by atoms with Crippen LogP contribution in [0.1, 0.15) is 17.2 Å². The van der Waals surface area contributed by atoms with E-state index in [1.807, 2.05) is 18.2 Å². The minimum absolute atomic E-state index is 0.165. The second kappa shape index (κ2) is 5.80. The second-order valence-corrected chi connectivity index (χ2v) is 3.89. The van der Waals surface area contributed by atoms with Crippen LogP contribution >= 0.6 is 0 Å². The highest BCUT2D eigenvalue weighted by Gasteiger charge is 2.09. The third-order valence-corrected chi connectivity index (χ3v) is 2.59. The standard InChI is InChI=1S/C14H13N3O/c15-9-14(12-2-1-3-13(18)8-12)17-10-11-4-6-16-7-5-11/h1-8,14,17-18H,10H2. The van der Waals surface area contributed by atoms with Gasteiger partial charge in [-0.3, -0.25) is 10.3 Å². The first-order chi connectivity index (χ1) is 8.79. The molecule has 1 aromatic heterocycles. The van der Waals surface area contributed by atoms with Gasteiger partial charge in [-0.15, -0.1) is 0 Å². The van der Waals surface area contributed by atoms with E-state index in [0.29, 0.717) is 6.54 Å². The predicted molar refractivity (Wildman–Crippen MR) is 67.5 cm³/mol. The summed E-state index contributed by atoms with van der Waals surface area (Å²) in [5, 5.41) is 21.7. The van der Waals surface area contributed by atoms with E-state index in [9.17, 15) is 5.11 Å². The van der Waals surface area contributed by atoms with E-state index in [1.54, 1.807) is 30.6 Å². The van der Waals surface area contributed by atoms with Crippen LogP contribution in [0.5, 0.6) is 5.75 Å². The largest absolute Gasteiger partial charge is 0.508 e. The van der Waals surface area contributed by atoms with Crippen molar-refractivity contribution < 1.29 is 5.11 Å². The summed E-state index contributed by atoms with van der Waals surface area (Å²) in [6.45, 7) is 0.580. The number of rotatable bonds is 4. The lowest BCUT2D eigenvalue weighted by atomic mass is 10.1. The first kappa shape index (κ1) is 12.1. The van der Waals surface area contributed by atoms with Crippen molar-refractivity contribution >= 4 is 0 Å². The van der Waals surface area contributed by atoms with Crippen molar-refractivity contribution in [1.29, 1.82) is 5.26 Å². The number of nitrogens with one attached hydrogen (secondary N) is 1. The first-order valence-corrected chi connectivity index (χ1v) is 5.60. The number of phenolic OH excluding ortho intramolecular Hbond substituents is 1. The highest BCUT2D eigenvalue weighted by molar-refractivity contribution is 5.32. The molecule has 18 heavy (non-hydrogen) atoms. The van der Waals surface area contributed by atoms with Crippen LogP contribution < -0.4 is 5.32 Å². The number of pyridine rings is 1. The highest BCUT2D eigenvalue weighted by atomic mass is 16.3. The lowest BCUT2D eigenvalue weighted by Crippen LogP contribution is -2.19. The van der Waals surface area contributed by atoms with Crippen LogP contribution in [0.3, 0.4) is 0 Å². The first-order valence-electron chi connectivity index (χ1n) is 5.60. The average molecular weight is 239 g/mol. The van der Waals surface area contributed by atoms with E-state index >= 15 is 0 Å². The van der Waals surface area contributed by atoms with E-state index in [1.165, 1.54) is 0 Å². The summed E-state index contributed by atoms with van der Waals surface area (Å²) in [6, 6.07) is 12.2. The quantitative estimate of drug-likeness (QED) is 0.857. The predicted octanol–water partition coefficient (Wildman–Crippen LogP) is 2.14. The SMILES string of the molecule is N#CC(NCc1ccncc1)c1cccc(O)c1. The Bertz CT molecular complexity index is 548. The van der Waals surface area contributed by atoms with Crippen LogP contribution in [0.25, 0.3) is 0 Å². The Kier molecular flexibility index (Phi) is 3.90. The number of nitrogens with zero attached hydrogens (tertiary/aromatic N) is 2. The normalized spacial score (nSPS) is 11.7. The molecule has 4 heteroatoms. The number of nitriles is 1. The van der Waals surface area contributed by atoms with E-state index in [-0.39, 0.29) is 5.75 Å². The Morgan fingerprint density at radius 1 is 1.28 bits per heavy atom. The molecule has 0 aliphatic rings. The van der Waals surface area contributed by atoms with Gasteiger partial charge in [-0.05, 0) is 35.4 Å². The zero-order valence-corrected chi connectivity index (χ0v) is 9.74. The molecule has 1 unspecified atom stereocenters. The van der Waals surface area contributed by atoms with E-state index in [0.717, 1.165) is 11.1 Å². The molecule has 0 fully saturated rings. The molecular formula is C14H13N3O. The summed E-state index contributed by atoms with van der Waals surface area (Å²) in [5.74, 6) is 0.165. The van der Waals surface area contributed by atoms with E-state index < -0.39 is 6.04 Å². The molecule has 0 aliphatic carbocycles. The Hall–Kier alpha value is -2.38. The summed E-state index contributed by atoms with van der Waals surface area (Å²) in [4.78, 5) is 3.94. The Balaban J connectivity index is 2.05. The third kappa shape index (κ3) is 3.06. The molecule has 90 valence electrons. The molecule has 2 rings (SSSR count). The van der Waals surface area contributed by atoms with Gasteiger partial charge in [-0.25, -0.2) is 0 Å². The van der Waals surface area contributed by atoms with Crippen molar-refractivity contribution in [3.8, 4) is 11.8 Å². The molecule has 1 atom stereocenters. The topological polar surface area (TPSA) is 68.9 Å². The fraction of sp³-hybridized carbons (Fsp3) is 0.143. The molecule has 0 amide bonds. The molecule has 2 aromatic rings. The van der Waals surface area contributed by atoms with Crippen molar-refractivity contribution in [2.75, 3.05) is 0 Å². The van der Waals surface area contributed by atoms with Crippen molar-refractivity contribution in [2.24, 2.45) is 0 Å². The number of hydrogen-bond acceptors (Lipinski definition) is 4. The Morgan fingerprint density at radius 3 is 2.72 bits per heavy atom. The van der Waals surface area contributed by atoms with Gasteiger partial charge in [0, 0.05) is 18.9 Å². The summed E-state index contributed by atoms with van der Waals surface area (Å²) in [7, 11) is 0. The van der Waals surface area contributed by atoms with E-state index in [2.05, 4.69) is 16.4 Å². The molecule has 4 nitrogen and oxygen atoms in total. The number of phenols is 1. The maximum Gasteiger partial charge on any atom is 0.121 e. The fourth-order valence-corrected chi connectivity index (χ4v) is 1.66. The van der Waals surface area contributed by atoms with Gasteiger partial charge in [-0.1, -0.05) is 12.1 Å². The van der Waals surface area contributed by atoms with Crippen LogP contribution in [-0.2, 0) is 6.54 Å². The number of aromatic nitrogens is 1. The summed E-state index contributed by atoms with van der Waals surface area (Å²) in [6.07, 6.45) is 3.43. The van der Waals surface area contributed by atoms with Gasteiger partial charge in [0.05, 0.1) is 6.07 Å². The third-order valence-electron chi connectivity index (χ3n) is 2.59. The summed E-state index contributed by atoms with van der Waals surface area (Å²) >= 11 is 0. The fourth-order valence-electron chi connectivity index (χ4n) is 1.66. The van der Waals surface area contributed by atoms with Gasteiger partial charge in [-0.2, -0.15) is 5.26 Å². The molecule has 0 spiro atoms. The maximum absolute atomic E-state index is 9.40. The molecule has 1 aromatic carbocycles. The minimum atomic E-state index is -0.440. The van der Waals surface area contributed by atoms with Crippen LogP contribution in [0.2, 0.25) is 0 Å². The van der Waals surface area contributed by atoms with Crippen molar-refractivity contribution in [2.45, 2.75) is 12.6 Å². The summed E-state index contributed by atoms with van der Waals surface area (Å²) < 4.78 is 0. The maximum atomic E-state index is 9.40. The van der Waals surface area contributed by atoms with Crippen molar-refractivity contribution in [3.63, 3.8) is 0 Å². The van der Waals surface area contributed by atoms with Crippen LogP contribution in [0.4, 0.5) is 0 Å². The molecular weight excluding hydrogens is 226 g/mol. The van der Waals surface area contributed by atoms with Crippen LogP contribution in [0, 0.1) is 11.3 Å². The molecule has 2 N–H and O–H groups in total. The lowest BCUT2D eigenvalue weighted by molar-refractivity contribution is 0.473. The van der Waals surface area contributed by atoms with Gasteiger partial charge in [0.25, 0.3) is 0 Å². The average Bonchev–Trinajstić information content (AvgIpc) is 2.41. The number of aromatic hydroxyl groups is 1. The molecule has 0 saturated heterocycles. The van der Waals surface area contributed by atoms with Gasteiger partial charge in [0.1, 0.15) is 11.8 Å². The molecule has 1 heterocycles. The molecule has 0 aliphatic heterocycles. The zero-order chi connectivity index (χ0) is 12.8. The van der Waals surface area contributed by atoms with Crippen molar-refractivity contribution in [1.82, 2.24) is 10.3 Å². The molecule has 0 radical (unpaired) electrons. The monoisotopic (exact) mass is 239 g/mol. The summed E-state index contributed by atoms with van der Waals surface area (Å²) in [5.41, 5.74) is 1.82. The zero-order valence-electron chi connectivity index (χ0n) is 9.74. The van der Waals surface area contributed by atoms with Gasteiger partial charge >= 0.3 is 0 Å². The van der Waals surface area contributed by atoms with Crippen LogP contribution in [-0.4, -0.2) is 10.1 Å². The Labute approximate surface area is 106 Å². The van der Waals surface area contributed by atoms with Gasteiger partial charge < -0.3 is 5.11 Å². The van der Waals surface area contributed by atoms with E-state index in [4.69, 9.17) is 5.26 Å².